The molecule has 1 aromatic carbocycles. The Balaban J connectivity index is 1.74. The lowest BCUT2D eigenvalue weighted by molar-refractivity contribution is -0.117. The SMILES string of the molecule is CCC(C)C(NC(=O)C=Cc1ccccc1)c1nc(-c2ccco2)no1. The number of aromatic nitrogens is 2. The van der Waals surface area contributed by atoms with Crippen molar-refractivity contribution < 1.29 is 13.7 Å². The fourth-order valence-electron chi connectivity index (χ4n) is 2.49. The van der Waals surface area contributed by atoms with Crippen molar-refractivity contribution in [2.45, 2.75) is 26.3 Å². The molecule has 0 spiro atoms. The summed E-state index contributed by atoms with van der Waals surface area (Å²) < 4.78 is 10.7. The van der Waals surface area contributed by atoms with Crippen LogP contribution in [0.4, 0.5) is 0 Å². The summed E-state index contributed by atoms with van der Waals surface area (Å²) in [5.74, 6) is 1.18. The second-order valence-electron chi connectivity index (χ2n) is 6.05. The first-order valence-electron chi connectivity index (χ1n) is 8.58. The van der Waals surface area contributed by atoms with Gasteiger partial charge in [-0.05, 0) is 29.7 Å². The molecule has 6 heteroatoms. The van der Waals surface area contributed by atoms with Crippen LogP contribution >= 0.6 is 0 Å². The number of amides is 1. The predicted molar refractivity (Wildman–Crippen MR) is 97.8 cm³/mol. The molecule has 0 saturated carbocycles. The molecule has 3 aromatic rings. The zero-order valence-corrected chi connectivity index (χ0v) is 14.8. The molecule has 0 aliphatic rings. The summed E-state index contributed by atoms with van der Waals surface area (Å²) in [6.45, 7) is 4.08. The Labute approximate surface area is 151 Å². The van der Waals surface area contributed by atoms with Crippen molar-refractivity contribution in [3.63, 3.8) is 0 Å². The Hall–Kier alpha value is -3.15. The lowest BCUT2D eigenvalue weighted by atomic mass is 9.99. The van der Waals surface area contributed by atoms with E-state index in [1.54, 1.807) is 24.5 Å². The minimum Gasteiger partial charge on any atom is -0.461 e. The highest BCUT2D eigenvalue weighted by atomic mass is 16.5. The molecule has 2 aromatic heterocycles. The zero-order valence-electron chi connectivity index (χ0n) is 14.8. The number of nitrogens with one attached hydrogen (secondary N) is 1. The van der Waals surface area contributed by atoms with Crippen LogP contribution in [0.25, 0.3) is 17.7 Å². The molecule has 0 fully saturated rings. The summed E-state index contributed by atoms with van der Waals surface area (Å²) in [5.41, 5.74) is 0.959. The Bertz CT molecular complexity index is 854. The van der Waals surface area contributed by atoms with E-state index in [9.17, 15) is 4.79 Å². The van der Waals surface area contributed by atoms with E-state index in [-0.39, 0.29) is 17.9 Å². The molecule has 6 nitrogen and oxygen atoms in total. The molecule has 2 atom stereocenters. The number of hydrogen-bond donors (Lipinski definition) is 1. The van der Waals surface area contributed by atoms with Crippen LogP contribution in [0.1, 0.15) is 37.8 Å². The largest absolute Gasteiger partial charge is 0.461 e. The molecule has 1 amide bonds. The maximum absolute atomic E-state index is 12.3. The Kier molecular flexibility index (Phi) is 5.63. The van der Waals surface area contributed by atoms with Crippen molar-refractivity contribution in [1.29, 1.82) is 0 Å². The summed E-state index contributed by atoms with van der Waals surface area (Å²) in [6, 6.07) is 12.8. The third-order valence-electron chi connectivity index (χ3n) is 4.19. The summed E-state index contributed by atoms with van der Waals surface area (Å²) in [7, 11) is 0. The van der Waals surface area contributed by atoms with E-state index in [0.717, 1.165) is 12.0 Å². The van der Waals surface area contributed by atoms with Gasteiger partial charge in [0.2, 0.25) is 17.6 Å². The summed E-state index contributed by atoms with van der Waals surface area (Å²) in [6.07, 6.45) is 5.68. The van der Waals surface area contributed by atoms with E-state index in [1.807, 2.05) is 44.2 Å². The van der Waals surface area contributed by atoms with Gasteiger partial charge in [0.25, 0.3) is 0 Å². The Morgan fingerprint density at radius 1 is 1.23 bits per heavy atom. The highest BCUT2D eigenvalue weighted by Crippen LogP contribution is 2.25. The first-order valence-corrected chi connectivity index (χ1v) is 8.58. The van der Waals surface area contributed by atoms with E-state index in [1.165, 1.54) is 6.08 Å². The fourth-order valence-corrected chi connectivity index (χ4v) is 2.49. The van der Waals surface area contributed by atoms with Gasteiger partial charge in [-0.25, -0.2) is 0 Å². The number of rotatable bonds is 7. The molecule has 26 heavy (non-hydrogen) atoms. The van der Waals surface area contributed by atoms with E-state index in [4.69, 9.17) is 8.94 Å². The quantitative estimate of drug-likeness (QED) is 0.644. The van der Waals surface area contributed by atoms with Crippen molar-refractivity contribution in [2.75, 3.05) is 0 Å². The highest BCUT2D eigenvalue weighted by Gasteiger charge is 2.26. The lowest BCUT2D eigenvalue weighted by Crippen LogP contribution is -2.31. The van der Waals surface area contributed by atoms with E-state index in [0.29, 0.717) is 17.5 Å². The second kappa shape index (κ2) is 8.29. The number of hydrogen-bond acceptors (Lipinski definition) is 5. The van der Waals surface area contributed by atoms with Crippen LogP contribution in [0, 0.1) is 5.92 Å². The van der Waals surface area contributed by atoms with Crippen molar-refractivity contribution in [1.82, 2.24) is 15.5 Å². The summed E-state index contributed by atoms with van der Waals surface area (Å²) in [5, 5.41) is 6.91. The van der Waals surface area contributed by atoms with E-state index >= 15 is 0 Å². The van der Waals surface area contributed by atoms with Crippen molar-refractivity contribution >= 4 is 12.0 Å². The molecule has 0 aliphatic heterocycles. The third kappa shape index (κ3) is 4.27. The topological polar surface area (TPSA) is 81.2 Å². The maximum Gasteiger partial charge on any atom is 0.249 e. The minimum absolute atomic E-state index is 0.133. The van der Waals surface area contributed by atoms with Crippen LogP contribution in [-0.2, 0) is 4.79 Å². The van der Waals surface area contributed by atoms with Gasteiger partial charge in [0.05, 0.1) is 6.26 Å². The van der Waals surface area contributed by atoms with Gasteiger partial charge >= 0.3 is 0 Å². The molecule has 1 N–H and O–H groups in total. The fraction of sp³-hybridized carbons (Fsp3) is 0.250. The number of benzene rings is 1. The van der Waals surface area contributed by atoms with Crippen LogP contribution in [0.3, 0.4) is 0 Å². The molecule has 134 valence electrons. The molecular weight excluding hydrogens is 330 g/mol. The molecule has 2 unspecified atom stereocenters. The predicted octanol–water partition coefficient (Wildman–Crippen LogP) is 4.25. The molecule has 0 radical (unpaired) electrons. The summed E-state index contributed by atoms with van der Waals surface area (Å²) >= 11 is 0. The molecule has 2 heterocycles. The van der Waals surface area contributed by atoms with Gasteiger partial charge in [0, 0.05) is 6.08 Å². The van der Waals surface area contributed by atoms with Gasteiger partial charge in [-0.3, -0.25) is 4.79 Å². The van der Waals surface area contributed by atoms with Crippen LogP contribution in [-0.4, -0.2) is 16.0 Å². The zero-order chi connectivity index (χ0) is 18.4. The lowest BCUT2D eigenvalue weighted by Gasteiger charge is -2.19. The van der Waals surface area contributed by atoms with Crippen LogP contribution in [0.15, 0.2) is 63.7 Å². The average Bonchev–Trinajstić information content (AvgIpc) is 3.36. The smallest absolute Gasteiger partial charge is 0.249 e. The average molecular weight is 351 g/mol. The highest BCUT2D eigenvalue weighted by molar-refractivity contribution is 5.91. The Morgan fingerprint density at radius 3 is 2.73 bits per heavy atom. The number of carbonyl (C=O) groups excluding carboxylic acids is 1. The van der Waals surface area contributed by atoms with Gasteiger partial charge in [0.15, 0.2) is 5.76 Å². The second-order valence-corrected chi connectivity index (χ2v) is 6.05. The standard InChI is InChI=1S/C20H21N3O3/c1-3-14(2)18(20-22-19(23-26-20)16-10-7-13-25-16)21-17(24)12-11-15-8-5-4-6-9-15/h4-14,18H,3H2,1-2H3,(H,21,24). The molecule has 3 rings (SSSR count). The van der Waals surface area contributed by atoms with Gasteiger partial charge in [-0.15, -0.1) is 0 Å². The van der Waals surface area contributed by atoms with Crippen molar-refractivity contribution in [2.24, 2.45) is 5.92 Å². The normalized spacial score (nSPS) is 13.6. The number of nitrogens with zero attached hydrogens (tertiary/aromatic N) is 2. The minimum atomic E-state index is -0.371. The van der Waals surface area contributed by atoms with E-state index in [2.05, 4.69) is 15.5 Å². The summed E-state index contributed by atoms with van der Waals surface area (Å²) in [4.78, 5) is 16.7. The molecular formula is C20H21N3O3. The molecule has 0 saturated heterocycles. The van der Waals surface area contributed by atoms with Crippen molar-refractivity contribution in [3.8, 4) is 11.6 Å². The monoisotopic (exact) mass is 351 g/mol. The maximum atomic E-state index is 12.3. The number of carbonyl (C=O) groups is 1. The van der Waals surface area contributed by atoms with Crippen LogP contribution in [0.5, 0.6) is 0 Å². The van der Waals surface area contributed by atoms with Gasteiger partial charge < -0.3 is 14.3 Å². The van der Waals surface area contributed by atoms with Crippen LogP contribution < -0.4 is 5.32 Å². The first-order chi connectivity index (χ1) is 12.7. The van der Waals surface area contributed by atoms with E-state index < -0.39 is 0 Å². The van der Waals surface area contributed by atoms with Gasteiger partial charge in [-0.1, -0.05) is 55.8 Å². The Morgan fingerprint density at radius 2 is 2.04 bits per heavy atom. The molecule has 0 bridgehead atoms. The number of furan rings is 1. The van der Waals surface area contributed by atoms with Gasteiger partial charge in [-0.2, -0.15) is 4.98 Å². The van der Waals surface area contributed by atoms with Gasteiger partial charge in [0.1, 0.15) is 6.04 Å². The third-order valence-corrected chi connectivity index (χ3v) is 4.19. The van der Waals surface area contributed by atoms with Crippen molar-refractivity contribution in [3.05, 3.63) is 66.3 Å². The first kappa shape index (κ1) is 17.7. The molecule has 0 aliphatic carbocycles. The van der Waals surface area contributed by atoms with Crippen LogP contribution in [0.2, 0.25) is 0 Å².